The van der Waals surface area contributed by atoms with Crippen molar-refractivity contribution < 1.29 is 14.3 Å². The zero-order valence-corrected chi connectivity index (χ0v) is 13.1. The Kier molecular flexibility index (Phi) is 8.11. The third-order valence-corrected chi connectivity index (χ3v) is 3.91. The van der Waals surface area contributed by atoms with Crippen molar-refractivity contribution in [3.8, 4) is 0 Å². The van der Waals surface area contributed by atoms with E-state index in [1.54, 1.807) is 0 Å². The maximum absolute atomic E-state index is 12.4. The van der Waals surface area contributed by atoms with E-state index in [4.69, 9.17) is 15.2 Å². The minimum Gasteiger partial charge on any atom is -0.379 e. The highest BCUT2D eigenvalue weighted by molar-refractivity contribution is 5.79. The number of nitrogens with zero attached hydrogens (tertiary/aromatic N) is 1. The van der Waals surface area contributed by atoms with Gasteiger partial charge < -0.3 is 20.1 Å². The fourth-order valence-electron chi connectivity index (χ4n) is 2.55. The van der Waals surface area contributed by atoms with Crippen LogP contribution in [0.4, 0.5) is 0 Å². The van der Waals surface area contributed by atoms with Gasteiger partial charge in [0.05, 0.1) is 25.2 Å². The molecule has 5 nitrogen and oxygen atoms in total. The van der Waals surface area contributed by atoms with E-state index in [-0.39, 0.29) is 17.9 Å². The Morgan fingerprint density at radius 2 is 1.95 bits per heavy atom. The van der Waals surface area contributed by atoms with E-state index in [0.717, 1.165) is 32.5 Å². The summed E-state index contributed by atoms with van der Waals surface area (Å²) in [7, 11) is 0. The van der Waals surface area contributed by atoms with Gasteiger partial charge in [-0.1, -0.05) is 13.8 Å². The van der Waals surface area contributed by atoms with E-state index in [2.05, 4.69) is 13.8 Å². The van der Waals surface area contributed by atoms with Crippen molar-refractivity contribution >= 4 is 5.91 Å². The fraction of sp³-hybridized carbons (Fsp3) is 0.933. The molecule has 1 atom stereocenters. The summed E-state index contributed by atoms with van der Waals surface area (Å²) in [6, 6.07) is 0. The van der Waals surface area contributed by atoms with Crippen molar-refractivity contribution in [2.24, 2.45) is 17.6 Å². The average Bonchev–Trinajstić information content (AvgIpc) is 2.44. The summed E-state index contributed by atoms with van der Waals surface area (Å²) in [6.45, 7) is 10.1. The van der Waals surface area contributed by atoms with Crippen molar-refractivity contribution in [2.75, 3.05) is 39.5 Å². The second-order valence-corrected chi connectivity index (χ2v) is 5.68. The molecule has 0 aromatic rings. The molecule has 1 amide bonds. The van der Waals surface area contributed by atoms with Gasteiger partial charge in [0, 0.05) is 26.2 Å². The minimum absolute atomic E-state index is 0.0505. The van der Waals surface area contributed by atoms with Gasteiger partial charge in [0.25, 0.3) is 0 Å². The van der Waals surface area contributed by atoms with Gasteiger partial charge in [-0.2, -0.15) is 0 Å². The van der Waals surface area contributed by atoms with Crippen molar-refractivity contribution in [2.45, 2.75) is 39.7 Å². The van der Waals surface area contributed by atoms with Crippen molar-refractivity contribution in [3.05, 3.63) is 0 Å². The molecule has 1 aliphatic heterocycles. The standard InChI is InChI=1S/C15H30N2O3/c1-4-19-9-10-20-13-5-7-17(8-6-13)15(18)14(11-16)12(2)3/h12-14H,4-11,16H2,1-3H3. The summed E-state index contributed by atoms with van der Waals surface area (Å²) in [5.41, 5.74) is 5.72. The van der Waals surface area contributed by atoms with Gasteiger partial charge >= 0.3 is 0 Å². The first kappa shape index (κ1) is 17.4. The monoisotopic (exact) mass is 286 g/mol. The topological polar surface area (TPSA) is 64.8 Å². The molecule has 0 aromatic carbocycles. The predicted octanol–water partition coefficient (Wildman–Crippen LogP) is 1.26. The Bertz CT molecular complexity index is 276. The van der Waals surface area contributed by atoms with E-state index < -0.39 is 0 Å². The normalized spacial score (nSPS) is 18.6. The smallest absolute Gasteiger partial charge is 0.227 e. The lowest BCUT2D eigenvalue weighted by molar-refractivity contribution is -0.139. The van der Waals surface area contributed by atoms with Crippen LogP contribution in [0.3, 0.4) is 0 Å². The van der Waals surface area contributed by atoms with Crippen molar-refractivity contribution in [3.63, 3.8) is 0 Å². The minimum atomic E-state index is -0.0505. The number of likely N-dealkylation sites (tertiary alicyclic amines) is 1. The number of amides is 1. The van der Waals surface area contributed by atoms with Crippen LogP contribution in [0.15, 0.2) is 0 Å². The molecule has 0 spiro atoms. The molecule has 1 fully saturated rings. The molecular formula is C15H30N2O3. The zero-order valence-electron chi connectivity index (χ0n) is 13.1. The number of nitrogens with two attached hydrogens (primary N) is 1. The maximum Gasteiger partial charge on any atom is 0.227 e. The first-order valence-electron chi connectivity index (χ1n) is 7.78. The van der Waals surface area contributed by atoms with Crippen LogP contribution in [0, 0.1) is 11.8 Å². The lowest BCUT2D eigenvalue weighted by Gasteiger charge is -2.34. The van der Waals surface area contributed by atoms with Gasteiger partial charge in [-0.05, 0) is 25.7 Å². The fourth-order valence-corrected chi connectivity index (χ4v) is 2.55. The van der Waals surface area contributed by atoms with Crippen LogP contribution in [0.5, 0.6) is 0 Å². The number of hydrogen-bond donors (Lipinski definition) is 1. The molecule has 1 saturated heterocycles. The van der Waals surface area contributed by atoms with E-state index in [1.165, 1.54) is 0 Å². The van der Waals surface area contributed by atoms with E-state index in [1.807, 2.05) is 11.8 Å². The molecule has 0 radical (unpaired) electrons. The number of rotatable bonds is 8. The van der Waals surface area contributed by atoms with Crippen LogP contribution in [-0.4, -0.2) is 56.4 Å². The summed E-state index contributed by atoms with van der Waals surface area (Å²) < 4.78 is 11.0. The Morgan fingerprint density at radius 1 is 1.30 bits per heavy atom. The zero-order chi connectivity index (χ0) is 15.0. The largest absolute Gasteiger partial charge is 0.379 e. The summed E-state index contributed by atoms with van der Waals surface area (Å²) in [5.74, 6) is 0.452. The van der Waals surface area contributed by atoms with Gasteiger partial charge in [0.1, 0.15) is 0 Å². The van der Waals surface area contributed by atoms with E-state index >= 15 is 0 Å². The van der Waals surface area contributed by atoms with Crippen molar-refractivity contribution in [1.29, 1.82) is 0 Å². The number of piperidine rings is 1. The Balaban J connectivity index is 2.29. The van der Waals surface area contributed by atoms with Gasteiger partial charge in [-0.15, -0.1) is 0 Å². The molecule has 2 N–H and O–H groups in total. The number of hydrogen-bond acceptors (Lipinski definition) is 4. The number of carbonyl (C=O) groups is 1. The molecule has 0 aromatic heterocycles. The molecule has 1 rings (SSSR count). The highest BCUT2D eigenvalue weighted by Gasteiger charge is 2.29. The Morgan fingerprint density at radius 3 is 2.45 bits per heavy atom. The highest BCUT2D eigenvalue weighted by Crippen LogP contribution is 2.19. The van der Waals surface area contributed by atoms with Crippen LogP contribution >= 0.6 is 0 Å². The molecule has 20 heavy (non-hydrogen) atoms. The summed E-state index contributed by atoms with van der Waals surface area (Å²) in [5, 5.41) is 0. The lowest BCUT2D eigenvalue weighted by atomic mass is 9.93. The SMILES string of the molecule is CCOCCOC1CCN(C(=O)C(CN)C(C)C)CC1. The molecule has 0 aliphatic carbocycles. The van der Waals surface area contributed by atoms with Crippen LogP contribution in [-0.2, 0) is 14.3 Å². The lowest BCUT2D eigenvalue weighted by Crippen LogP contribution is -2.46. The number of ether oxygens (including phenoxy) is 2. The van der Waals surface area contributed by atoms with Gasteiger partial charge in [0.15, 0.2) is 0 Å². The highest BCUT2D eigenvalue weighted by atomic mass is 16.5. The maximum atomic E-state index is 12.4. The molecule has 1 unspecified atom stereocenters. The van der Waals surface area contributed by atoms with E-state index in [0.29, 0.717) is 25.7 Å². The molecule has 5 heteroatoms. The van der Waals surface area contributed by atoms with Gasteiger partial charge in [-0.3, -0.25) is 4.79 Å². The molecule has 0 saturated carbocycles. The molecular weight excluding hydrogens is 256 g/mol. The summed E-state index contributed by atoms with van der Waals surface area (Å²) >= 11 is 0. The third-order valence-electron chi connectivity index (χ3n) is 3.91. The molecule has 0 bridgehead atoms. The first-order chi connectivity index (χ1) is 9.60. The van der Waals surface area contributed by atoms with Crippen LogP contribution in [0.25, 0.3) is 0 Å². The van der Waals surface area contributed by atoms with Crippen molar-refractivity contribution in [1.82, 2.24) is 4.90 Å². The Hall–Kier alpha value is -0.650. The third kappa shape index (κ3) is 5.38. The molecule has 1 heterocycles. The summed E-state index contributed by atoms with van der Waals surface area (Å²) in [6.07, 6.45) is 2.08. The summed E-state index contributed by atoms with van der Waals surface area (Å²) in [4.78, 5) is 14.3. The van der Waals surface area contributed by atoms with Gasteiger partial charge in [0.2, 0.25) is 5.91 Å². The second kappa shape index (κ2) is 9.32. The predicted molar refractivity (Wildman–Crippen MR) is 79.4 cm³/mol. The number of carbonyl (C=O) groups excluding carboxylic acids is 1. The Labute approximate surface area is 122 Å². The molecule has 118 valence electrons. The quantitative estimate of drug-likeness (QED) is 0.682. The second-order valence-electron chi connectivity index (χ2n) is 5.68. The van der Waals surface area contributed by atoms with Gasteiger partial charge in [-0.25, -0.2) is 0 Å². The van der Waals surface area contributed by atoms with Crippen LogP contribution in [0.2, 0.25) is 0 Å². The average molecular weight is 286 g/mol. The molecule has 1 aliphatic rings. The van der Waals surface area contributed by atoms with Crippen LogP contribution in [0.1, 0.15) is 33.6 Å². The van der Waals surface area contributed by atoms with Crippen LogP contribution < -0.4 is 5.73 Å². The first-order valence-corrected chi connectivity index (χ1v) is 7.78. The van der Waals surface area contributed by atoms with E-state index in [9.17, 15) is 4.79 Å².